The Morgan fingerprint density at radius 1 is 1.22 bits per heavy atom. The van der Waals surface area contributed by atoms with Gasteiger partial charge in [-0.1, -0.05) is 31.2 Å². The summed E-state index contributed by atoms with van der Waals surface area (Å²) in [6.45, 7) is 1.87. The molecule has 1 heterocycles. The second-order valence-corrected chi connectivity index (χ2v) is 6.15. The highest BCUT2D eigenvalue weighted by atomic mass is 19.4. The first-order chi connectivity index (χ1) is 12.7. The van der Waals surface area contributed by atoms with Crippen molar-refractivity contribution >= 4 is 17.5 Å². The SMILES string of the molecule is CCc1ccc(C(=O)COC(=O)C2CCCN2C=CC(=O)C(F)(F)F)cc1. The lowest BCUT2D eigenvalue weighted by Gasteiger charge is -2.21. The molecule has 0 aromatic heterocycles. The number of hydrogen-bond acceptors (Lipinski definition) is 5. The van der Waals surface area contributed by atoms with Crippen LogP contribution in [0.2, 0.25) is 0 Å². The maximum Gasteiger partial charge on any atom is 0.454 e. The molecule has 146 valence electrons. The van der Waals surface area contributed by atoms with Gasteiger partial charge in [0.15, 0.2) is 12.4 Å². The number of Topliss-reactive ketones (excluding diaryl/α,β-unsaturated/α-hetero) is 1. The number of ether oxygens (including phenoxy) is 1. The van der Waals surface area contributed by atoms with E-state index >= 15 is 0 Å². The van der Waals surface area contributed by atoms with Crippen LogP contribution in [-0.2, 0) is 20.7 Å². The topological polar surface area (TPSA) is 63.7 Å². The molecule has 8 heteroatoms. The average molecular weight is 383 g/mol. The van der Waals surface area contributed by atoms with Crippen molar-refractivity contribution in [2.75, 3.05) is 13.2 Å². The highest BCUT2D eigenvalue weighted by Gasteiger charge is 2.37. The number of allylic oxidation sites excluding steroid dienone is 1. The molecule has 0 radical (unpaired) electrons. The van der Waals surface area contributed by atoms with Crippen LogP contribution in [0.4, 0.5) is 13.2 Å². The molecule has 1 saturated heterocycles. The van der Waals surface area contributed by atoms with Crippen molar-refractivity contribution in [1.29, 1.82) is 0 Å². The third kappa shape index (κ3) is 5.67. The zero-order valence-electron chi connectivity index (χ0n) is 14.8. The molecule has 1 aliphatic heterocycles. The normalized spacial score (nSPS) is 17.3. The summed E-state index contributed by atoms with van der Waals surface area (Å²) in [5.74, 6) is -3.05. The molecule has 0 amide bonds. The van der Waals surface area contributed by atoms with Crippen LogP contribution < -0.4 is 0 Å². The van der Waals surface area contributed by atoms with Gasteiger partial charge in [0.1, 0.15) is 6.04 Å². The molecule has 1 atom stereocenters. The van der Waals surface area contributed by atoms with E-state index in [9.17, 15) is 27.6 Å². The fraction of sp³-hybridized carbons (Fsp3) is 0.421. The van der Waals surface area contributed by atoms with Crippen molar-refractivity contribution in [3.63, 3.8) is 0 Å². The largest absolute Gasteiger partial charge is 0.456 e. The van der Waals surface area contributed by atoms with Gasteiger partial charge in [0, 0.05) is 24.4 Å². The van der Waals surface area contributed by atoms with Crippen LogP contribution >= 0.6 is 0 Å². The van der Waals surface area contributed by atoms with E-state index in [1.165, 1.54) is 4.90 Å². The number of carbonyl (C=O) groups excluding carboxylic acids is 3. The van der Waals surface area contributed by atoms with Crippen LogP contribution in [0.15, 0.2) is 36.5 Å². The van der Waals surface area contributed by atoms with Crippen LogP contribution in [0.1, 0.15) is 35.7 Å². The molecule has 1 aromatic carbocycles. The molecule has 1 unspecified atom stereocenters. The summed E-state index contributed by atoms with van der Waals surface area (Å²) in [7, 11) is 0. The number of benzene rings is 1. The Morgan fingerprint density at radius 3 is 2.48 bits per heavy atom. The van der Waals surface area contributed by atoms with Gasteiger partial charge >= 0.3 is 12.1 Å². The van der Waals surface area contributed by atoms with Gasteiger partial charge in [-0.2, -0.15) is 13.2 Å². The molecular formula is C19H20F3NO4. The van der Waals surface area contributed by atoms with Crippen LogP contribution in [0.25, 0.3) is 0 Å². The average Bonchev–Trinajstić information content (AvgIpc) is 3.11. The summed E-state index contributed by atoms with van der Waals surface area (Å²) < 4.78 is 41.8. The summed E-state index contributed by atoms with van der Waals surface area (Å²) in [6, 6.07) is 6.13. The van der Waals surface area contributed by atoms with Gasteiger partial charge in [0.25, 0.3) is 5.78 Å². The van der Waals surface area contributed by atoms with Gasteiger partial charge in [-0.3, -0.25) is 9.59 Å². The van der Waals surface area contributed by atoms with E-state index in [1.54, 1.807) is 12.1 Å². The number of carbonyl (C=O) groups is 3. The molecule has 2 rings (SSSR count). The monoisotopic (exact) mass is 383 g/mol. The van der Waals surface area contributed by atoms with E-state index < -0.39 is 30.6 Å². The van der Waals surface area contributed by atoms with E-state index in [0.717, 1.165) is 18.2 Å². The first-order valence-corrected chi connectivity index (χ1v) is 8.56. The number of aryl methyl sites for hydroxylation is 1. The van der Waals surface area contributed by atoms with E-state index in [4.69, 9.17) is 4.74 Å². The van der Waals surface area contributed by atoms with Crippen molar-refractivity contribution in [2.45, 2.75) is 38.4 Å². The molecular weight excluding hydrogens is 363 g/mol. The second kappa shape index (κ2) is 8.83. The number of halogens is 3. The van der Waals surface area contributed by atoms with Gasteiger partial charge in [-0.05, 0) is 24.8 Å². The van der Waals surface area contributed by atoms with Crippen LogP contribution in [0.5, 0.6) is 0 Å². The van der Waals surface area contributed by atoms with Crippen molar-refractivity contribution in [3.8, 4) is 0 Å². The first-order valence-electron chi connectivity index (χ1n) is 8.56. The summed E-state index contributed by atoms with van der Waals surface area (Å²) >= 11 is 0. The van der Waals surface area contributed by atoms with E-state index in [-0.39, 0.29) is 5.78 Å². The summed E-state index contributed by atoms with van der Waals surface area (Å²) in [6.07, 6.45) is -1.82. The predicted molar refractivity (Wildman–Crippen MR) is 91.0 cm³/mol. The minimum absolute atomic E-state index is 0.327. The van der Waals surface area contributed by atoms with E-state index in [2.05, 4.69) is 0 Å². The number of rotatable bonds is 7. The molecule has 0 N–H and O–H groups in total. The Bertz CT molecular complexity index is 725. The standard InChI is InChI=1S/C19H20F3NO4/c1-2-13-5-7-14(8-6-13)16(24)12-27-18(26)15-4-3-10-23(15)11-9-17(25)19(20,21)22/h5-9,11,15H,2-4,10,12H2,1H3. The molecule has 5 nitrogen and oxygen atoms in total. The lowest BCUT2D eigenvalue weighted by atomic mass is 10.1. The fourth-order valence-corrected chi connectivity index (χ4v) is 2.72. The van der Waals surface area contributed by atoms with Gasteiger partial charge < -0.3 is 9.64 Å². The molecule has 0 saturated carbocycles. The second-order valence-electron chi connectivity index (χ2n) is 6.15. The Kier molecular flexibility index (Phi) is 6.76. The predicted octanol–water partition coefficient (Wildman–Crippen LogP) is 3.08. The zero-order valence-corrected chi connectivity index (χ0v) is 14.8. The molecule has 1 aromatic rings. The Balaban J connectivity index is 1.91. The first kappa shape index (κ1) is 20.7. The smallest absolute Gasteiger partial charge is 0.454 e. The van der Waals surface area contributed by atoms with Crippen LogP contribution in [0.3, 0.4) is 0 Å². The van der Waals surface area contributed by atoms with Crippen molar-refractivity contribution in [3.05, 3.63) is 47.7 Å². The van der Waals surface area contributed by atoms with Gasteiger partial charge in [-0.25, -0.2) is 4.79 Å². The quantitative estimate of drug-likeness (QED) is 0.411. The molecule has 1 aliphatic rings. The van der Waals surface area contributed by atoms with E-state index in [0.29, 0.717) is 31.0 Å². The minimum Gasteiger partial charge on any atom is -0.456 e. The van der Waals surface area contributed by atoms with Gasteiger partial charge in [-0.15, -0.1) is 0 Å². The lowest BCUT2D eigenvalue weighted by Crippen LogP contribution is -2.35. The molecule has 0 aliphatic carbocycles. The summed E-state index contributed by atoms with van der Waals surface area (Å²) in [4.78, 5) is 36.5. The van der Waals surface area contributed by atoms with Crippen LogP contribution in [-0.4, -0.2) is 47.8 Å². The molecule has 1 fully saturated rings. The Hall–Kier alpha value is -2.64. The number of nitrogens with zero attached hydrogens (tertiary/aromatic N) is 1. The highest BCUT2D eigenvalue weighted by molar-refractivity contribution is 5.98. The number of hydrogen-bond donors (Lipinski definition) is 0. The minimum atomic E-state index is -4.95. The third-order valence-electron chi connectivity index (χ3n) is 4.29. The van der Waals surface area contributed by atoms with E-state index in [1.807, 2.05) is 19.1 Å². The maximum absolute atomic E-state index is 12.2. The van der Waals surface area contributed by atoms with Gasteiger partial charge in [0.05, 0.1) is 0 Å². The number of ketones is 2. The van der Waals surface area contributed by atoms with Crippen molar-refractivity contribution in [2.24, 2.45) is 0 Å². The number of likely N-dealkylation sites (tertiary alicyclic amines) is 1. The van der Waals surface area contributed by atoms with Gasteiger partial charge in [0.2, 0.25) is 0 Å². The lowest BCUT2D eigenvalue weighted by molar-refractivity contribution is -0.165. The number of alkyl halides is 3. The van der Waals surface area contributed by atoms with Crippen LogP contribution in [0, 0.1) is 0 Å². The maximum atomic E-state index is 12.2. The summed E-state index contributed by atoms with van der Waals surface area (Å²) in [5.41, 5.74) is 1.49. The summed E-state index contributed by atoms with van der Waals surface area (Å²) in [5, 5.41) is 0. The third-order valence-corrected chi connectivity index (χ3v) is 4.29. The Labute approximate surface area is 154 Å². The Morgan fingerprint density at radius 2 is 1.89 bits per heavy atom. The highest BCUT2D eigenvalue weighted by Crippen LogP contribution is 2.21. The molecule has 0 bridgehead atoms. The zero-order chi connectivity index (χ0) is 20.0. The van der Waals surface area contributed by atoms with Crippen molar-refractivity contribution < 1.29 is 32.3 Å². The fourth-order valence-electron chi connectivity index (χ4n) is 2.72. The molecule has 0 spiro atoms. The molecule has 27 heavy (non-hydrogen) atoms. The van der Waals surface area contributed by atoms with Crippen molar-refractivity contribution in [1.82, 2.24) is 4.90 Å². The number of esters is 1.